The Balaban J connectivity index is 1.25. The zero-order chi connectivity index (χ0) is 32.4. The highest BCUT2D eigenvalue weighted by molar-refractivity contribution is 6.36. The molecule has 4 heterocycles. The lowest BCUT2D eigenvalue weighted by atomic mass is 9.94. The molecule has 3 aromatic heterocycles. The number of nitrogens with zero attached hydrogens (tertiary/aromatic N) is 5. The minimum absolute atomic E-state index is 0.294. The Kier molecular flexibility index (Phi) is 8.92. The van der Waals surface area contributed by atoms with Crippen LogP contribution in [0.3, 0.4) is 0 Å². The summed E-state index contributed by atoms with van der Waals surface area (Å²) in [7, 11) is 7.19. The van der Waals surface area contributed by atoms with Gasteiger partial charge in [-0.15, -0.1) is 0 Å². The lowest BCUT2D eigenvalue weighted by Gasteiger charge is -2.21. The number of methoxy groups -OCH3 is 2. The Labute approximate surface area is 273 Å². The standard InChI is InChI=1S/C35H36ClN7O3/c1-21-24(26-10-7-11-27(33(26)36)41-35(44)34-40-29-20-42(2)15-13-30(29)43(34)3)8-6-9-25(21)28-17-31(45-4)22(19-39-28)18-38-23-12-14-37-32(16-23)46-5/h6-12,14,16-17,19H,13,15,18,20H2,1-5H3,(H,37,38)(H,41,44). The first-order valence-corrected chi connectivity index (χ1v) is 15.3. The van der Waals surface area contributed by atoms with Crippen molar-refractivity contribution in [3.05, 3.63) is 100 Å². The fourth-order valence-corrected chi connectivity index (χ4v) is 6.12. The van der Waals surface area contributed by atoms with Crippen LogP contribution >= 0.6 is 11.6 Å². The second-order valence-corrected chi connectivity index (χ2v) is 11.7. The van der Waals surface area contributed by atoms with Gasteiger partial charge in [-0.1, -0.05) is 41.9 Å². The maximum Gasteiger partial charge on any atom is 0.291 e. The molecular formula is C35H36ClN7O3. The molecule has 5 aromatic rings. The quantitative estimate of drug-likeness (QED) is 0.192. The number of rotatable bonds is 9. The van der Waals surface area contributed by atoms with Crippen LogP contribution in [0.4, 0.5) is 11.4 Å². The van der Waals surface area contributed by atoms with Crippen LogP contribution in [0.15, 0.2) is 67.0 Å². The fraction of sp³-hybridized carbons (Fsp3) is 0.257. The minimum Gasteiger partial charge on any atom is -0.496 e. The zero-order valence-corrected chi connectivity index (χ0v) is 27.3. The summed E-state index contributed by atoms with van der Waals surface area (Å²) in [6.45, 7) is 4.21. The van der Waals surface area contributed by atoms with Gasteiger partial charge in [-0.25, -0.2) is 9.97 Å². The number of hydrogen-bond donors (Lipinski definition) is 2. The lowest BCUT2D eigenvalue weighted by Crippen LogP contribution is -2.27. The topological polar surface area (TPSA) is 106 Å². The van der Waals surface area contributed by atoms with Crippen molar-refractivity contribution in [1.82, 2.24) is 24.4 Å². The van der Waals surface area contributed by atoms with Gasteiger partial charge >= 0.3 is 0 Å². The number of amides is 1. The van der Waals surface area contributed by atoms with Gasteiger partial charge in [-0.2, -0.15) is 0 Å². The highest BCUT2D eigenvalue weighted by Crippen LogP contribution is 2.39. The average Bonchev–Trinajstić information content (AvgIpc) is 3.40. The molecule has 0 unspecified atom stereocenters. The van der Waals surface area contributed by atoms with E-state index in [-0.39, 0.29) is 5.91 Å². The molecule has 10 nitrogen and oxygen atoms in total. The van der Waals surface area contributed by atoms with Crippen LogP contribution in [0, 0.1) is 6.92 Å². The molecule has 0 atom stereocenters. The molecule has 0 fully saturated rings. The highest BCUT2D eigenvalue weighted by Gasteiger charge is 2.25. The summed E-state index contributed by atoms with van der Waals surface area (Å²) in [6, 6.07) is 17.3. The summed E-state index contributed by atoms with van der Waals surface area (Å²) in [5.74, 6) is 1.33. The van der Waals surface area contributed by atoms with Crippen LogP contribution in [0.1, 0.15) is 33.1 Å². The van der Waals surface area contributed by atoms with Crippen LogP contribution in [0.5, 0.6) is 11.6 Å². The van der Waals surface area contributed by atoms with E-state index in [1.807, 2.05) is 73.3 Å². The summed E-state index contributed by atoms with van der Waals surface area (Å²) in [6.07, 6.45) is 4.37. The first-order valence-electron chi connectivity index (χ1n) is 15.0. The van der Waals surface area contributed by atoms with Gasteiger partial charge in [0.1, 0.15) is 5.75 Å². The molecule has 0 saturated heterocycles. The molecule has 0 aliphatic carbocycles. The Bertz CT molecular complexity index is 1920. The molecule has 0 bridgehead atoms. The smallest absolute Gasteiger partial charge is 0.291 e. The third-order valence-corrected chi connectivity index (χ3v) is 8.79. The number of ether oxygens (including phenoxy) is 2. The van der Waals surface area contributed by atoms with Gasteiger partial charge in [0.05, 0.1) is 36.3 Å². The third kappa shape index (κ3) is 6.14. The van der Waals surface area contributed by atoms with Gasteiger partial charge in [0.2, 0.25) is 5.88 Å². The number of benzene rings is 2. The van der Waals surface area contributed by atoms with Crippen molar-refractivity contribution >= 4 is 28.9 Å². The first kappa shape index (κ1) is 31.1. The molecular weight excluding hydrogens is 602 g/mol. The molecule has 11 heteroatoms. The molecule has 0 saturated carbocycles. The van der Waals surface area contributed by atoms with Gasteiger partial charge in [0.15, 0.2) is 5.82 Å². The van der Waals surface area contributed by atoms with Crippen molar-refractivity contribution < 1.29 is 14.3 Å². The number of halogens is 1. The maximum absolute atomic E-state index is 13.4. The molecule has 236 valence electrons. The summed E-state index contributed by atoms with van der Waals surface area (Å²) in [5, 5.41) is 6.83. The molecule has 2 aromatic carbocycles. The van der Waals surface area contributed by atoms with E-state index in [0.717, 1.165) is 70.1 Å². The zero-order valence-electron chi connectivity index (χ0n) is 26.5. The van der Waals surface area contributed by atoms with E-state index in [2.05, 4.69) is 32.5 Å². The predicted molar refractivity (Wildman–Crippen MR) is 181 cm³/mol. The number of pyridine rings is 2. The largest absolute Gasteiger partial charge is 0.496 e. The van der Waals surface area contributed by atoms with Crippen molar-refractivity contribution in [2.45, 2.75) is 26.4 Å². The SMILES string of the molecule is COc1cc(NCc2cnc(-c3cccc(-c4cccc(NC(=O)c5nc6c(n5C)CCN(C)C6)c4Cl)c3C)cc2OC)ccn1. The van der Waals surface area contributed by atoms with E-state index < -0.39 is 0 Å². The Hall–Kier alpha value is -4.93. The van der Waals surface area contributed by atoms with Crippen LogP contribution in [-0.4, -0.2) is 58.1 Å². The van der Waals surface area contributed by atoms with Crippen LogP contribution in [0.25, 0.3) is 22.4 Å². The highest BCUT2D eigenvalue weighted by atomic mass is 35.5. The second kappa shape index (κ2) is 13.2. The number of hydrogen-bond acceptors (Lipinski definition) is 8. The van der Waals surface area contributed by atoms with E-state index in [1.54, 1.807) is 26.5 Å². The number of nitrogens with one attached hydrogen (secondary N) is 2. The molecule has 2 N–H and O–H groups in total. The van der Waals surface area contributed by atoms with E-state index in [4.69, 9.17) is 26.1 Å². The number of aromatic nitrogens is 4. The second-order valence-electron chi connectivity index (χ2n) is 11.3. The number of anilines is 2. The Morgan fingerprint density at radius 2 is 1.78 bits per heavy atom. The first-order chi connectivity index (χ1) is 22.3. The van der Waals surface area contributed by atoms with Crippen molar-refractivity contribution in [2.75, 3.05) is 38.4 Å². The van der Waals surface area contributed by atoms with Crippen molar-refractivity contribution in [1.29, 1.82) is 0 Å². The molecule has 6 rings (SSSR count). The van der Waals surface area contributed by atoms with Crippen molar-refractivity contribution in [2.24, 2.45) is 7.05 Å². The molecule has 46 heavy (non-hydrogen) atoms. The van der Waals surface area contributed by atoms with Crippen LogP contribution in [0.2, 0.25) is 5.02 Å². The summed E-state index contributed by atoms with van der Waals surface area (Å²) in [5.41, 5.74) is 8.81. The molecule has 0 radical (unpaired) electrons. The summed E-state index contributed by atoms with van der Waals surface area (Å²) >= 11 is 6.97. The van der Waals surface area contributed by atoms with Gasteiger partial charge in [-0.05, 0) is 37.2 Å². The number of imidazole rings is 1. The Morgan fingerprint density at radius 1 is 1.00 bits per heavy atom. The third-order valence-electron chi connectivity index (χ3n) is 8.39. The monoisotopic (exact) mass is 637 g/mol. The Morgan fingerprint density at radius 3 is 2.59 bits per heavy atom. The van der Waals surface area contributed by atoms with Gasteiger partial charge in [0, 0.05) is 85.7 Å². The molecule has 0 spiro atoms. The maximum atomic E-state index is 13.4. The van der Waals surface area contributed by atoms with Gasteiger partial charge in [-0.3, -0.25) is 9.78 Å². The lowest BCUT2D eigenvalue weighted by molar-refractivity contribution is 0.101. The van der Waals surface area contributed by atoms with E-state index in [9.17, 15) is 4.79 Å². The van der Waals surface area contributed by atoms with Crippen molar-refractivity contribution in [3.63, 3.8) is 0 Å². The van der Waals surface area contributed by atoms with Gasteiger partial charge < -0.3 is 29.6 Å². The summed E-state index contributed by atoms with van der Waals surface area (Å²) < 4.78 is 12.9. The number of fused-ring (bicyclic) bond motifs is 1. The molecule has 1 amide bonds. The number of likely N-dealkylation sites (N-methyl/N-ethyl adjacent to an activating group) is 1. The van der Waals surface area contributed by atoms with Crippen LogP contribution < -0.4 is 20.1 Å². The van der Waals surface area contributed by atoms with Crippen LogP contribution in [-0.2, 0) is 26.6 Å². The molecule has 1 aliphatic rings. The number of carbonyl (C=O) groups excluding carboxylic acids is 1. The fourth-order valence-electron chi connectivity index (χ4n) is 5.85. The van der Waals surface area contributed by atoms with E-state index in [1.165, 1.54) is 0 Å². The normalized spacial score (nSPS) is 12.8. The minimum atomic E-state index is -0.294. The molecule has 1 aliphatic heterocycles. The number of carbonyl (C=O) groups is 1. The van der Waals surface area contributed by atoms with E-state index >= 15 is 0 Å². The summed E-state index contributed by atoms with van der Waals surface area (Å²) in [4.78, 5) is 29.2. The average molecular weight is 638 g/mol. The van der Waals surface area contributed by atoms with Gasteiger partial charge in [0.25, 0.3) is 5.91 Å². The van der Waals surface area contributed by atoms with E-state index in [0.29, 0.717) is 34.7 Å². The predicted octanol–water partition coefficient (Wildman–Crippen LogP) is 6.38. The van der Waals surface area contributed by atoms with Crippen molar-refractivity contribution in [3.8, 4) is 34.0 Å².